The summed E-state index contributed by atoms with van der Waals surface area (Å²) in [6.45, 7) is 5.05. The molecule has 0 fully saturated rings. The van der Waals surface area contributed by atoms with E-state index in [1.54, 1.807) is 0 Å². The van der Waals surface area contributed by atoms with Crippen LogP contribution in [-0.4, -0.2) is 12.2 Å². The first-order valence-corrected chi connectivity index (χ1v) is 10.1. The lowest BCUT2D eigenvalue weighted by molar-refractivity contribution is -0.0100. The van der Waals surface area contributed by atoms with Crippen LogP contribution in [0.2, 0.25) is 0 Å². The van der Waals surface area contributed by atoms with E-state index in [4.69, 9.17) is 14.2 Å². The highest BCUT2D eigenvalue weighted by molar-refractivity contribution is 5.83. The van der Waals surface area contributed by atoms with Crippen molar-refractivity contribution in [2.24, 2.45) is 0 Å². The zero-order valence-electron chi connectivity index (χ0n) is 17.4. The zero-order chi connectivity index (χ0) is 20.8. The quantitative estimate of drug-likeness (QED) is 0.320. The van der Waals surface area contributed by atoms with E-state index in [1.165, 1.54) is 10.8 Å². The molecule has 3 heteroatoms. The van der Waals surface area contributed by atoms with Gasteiger partial charge in [-0.15, -0.1) is 0 Å². The maximum atomic E-state index is 6.20. The fraction of sp³-hybridized carbons (Fsp3) is 0.185. The Bertz CT molecular complexity index is 1100. The smallest absolute Gasteiger partial charge is 0.127 e. The summed E-state index contributed by atoms with van der Waals surface area (Å²) in [7, 11) is 0. The van der Waals surface area contributed by atoms with Gasteiger partial charge < -0.3 is 14.2 Å². The van der Waals surface area contributed by atoms with E-state index >= 15 is 0 Å². The maximum absolute atomic E-state index is 6.20. The Morgan fingerprint density at radius 1 is 0.633 bits per heavy atom. The molecule has 0 heterocycles. The van der Waals surface area contributed by atoms with Crippen molar-refractivity contribution >= 4 is 10.8 Å². The van der Waals surface area contributed by atoms with Crippen LogP contribution in [0.15, 0.2) is 97.1 Å². The molecule has 30 heavy (non-hydrogen) atoms. The van der Waals surface area contributed by atoms with Gasteiger partial charge in [-0.3, -0.25) is 0 Å². The SMILES string of the molecule is CC(C)(COCc1cccc(Oc2ccccc2)c1)Oc1ccc2ccccc2c1. The largest absolute Gasteiger partial charge is 0.485 e. The average Bonchev–Trinajstić information content (AvgIpc) is 2.74. The summed E-state index contributed by atoms with van der Waals surface area (Å²) >= 11 is 0. The van der Waals surface area contributed by atoms with Crippen LogP contribution in [0.1, 0.15) is 19.4 Å². The van der Waals surface area contributed by atoms with Crippen molar-refractivity contribution in [2.45, 2.75) is 26.1 Å². The van der Waals surface area contributed by atoms with E-state index in [-0.39, 0.29) is 0 Å². The summed E-state index contributed by atoms with van der Waals surface area (Å²) in [5, 5.41) is 2.37. The van der Waals surface area contributed by atoms with Gasteiger partial charge >= 0.3 is 0 Å². The van der Waals surface area contributed by atoms with Crippen molar-refractivity contribution in [2.75, 3.05) is 6.61 Å². The standard InChI is InChI=1S/C27H26O3/c1-27(2,30-26-16-15-22-10-6-7-11-23(22)18-26)20-28-19-21-9-8-14-25(17-21)29-24-12-4-3-5-13-24/h3-18H,19-20H2,1-2H3. The minimum atomic E-state index is -0.444. The predicted molar refractivity (Wildman–Crippen MR) is 121 cm³/mol. The molecule has 0 atom stereocenters. The first kappa shape index (κ1) is 20.0. The van der Waals surface area contributed by atoms with Crippen LogP contribution < -0.4 is 9.47 Å². The van der Waals surface area contributed by atoms with Crippen LogP contribution in [0, 0.1) is 0 Å². The molecule has 4 aromatic carbocycles. The molecule has 3 nitrogen and oxygen atoms in total. The van der Waals surface area contributed by atoms with Gasteiger partial charge in [-0.25, -0.2) is 0 Å². The van der Waals surface area contributed by atoms with Gasteiger partial charge in [0.15, 0.2) is 0 Å². The average molecular weight is 399 g/mol. The molecular formula is C27H26O3. The van der Waals surface area contributed by atoms with Gasteiger partial charge in [0, 0.05) is 0 Å². The summed E-state index contributed by atoms with van der Waals surface area (Å²) < 4.78 is 18.1. The molecule has 0 radical (unpaired) electrons. The zero-order valence-corrected chi connectivity index (χ0v) is 17.4. The Kier molecular flexibility index (Phi) is 6.01. The van der Waals surface area contributed by atoms with Gasteiger partial charge in [-0.05, 0) is 66.6 Å². The summed E-state index contributed by atoms with van der Waals surface area (Å²) in [6, 6.07) is 32.2. The normalized spacial score (nSPS) is 11.4. The lowest BCUT2D eigenvalue weighted by Gasteiger charge is -2.26. The van der Waals surface area contributed by atoms with Gasteiger partial charge in [-0.2, -0.15) is 0 Å². The summed E-state index contributed by atoms with van der Waals surface area (Å²) in [5.74, 6) is 2.47. The Balaban J connectivity index is 1.33. The summed E-state index contributed by atoms with van der Waals surface area (Å²) in [5.41, 5.74) is 0.616. The molecule has 0 N–H and O–H groups in total. The number of rotatable bonds is 8. The molecule has 4 aromatic rings. The van der Waals surface area contributed by atoms with E-state index in [0.29, 0.717) is 13.2 Å². The molecule has 0 aliphatic carbocycles. The third-order valence-electron chi connectivity index (χ3n) is 4.71. The van der Waals surface area contributed by atoms with Crippen molar-refractivity contribution < 1.29 is 14.2 Å². The van der Waals surface area contributed by atoms with Crippen molar-refractivity contribution in [3.8, 4) is 17.2 Å². The van der Waals surface area contributed by atoms with E-state index in [0.717, 1.165) is 22.8 Å². The molecule has 0 aliphatic heterocycles. The van der Waals surface area contributed by atoms with Crippen LogP contribution in [-0.2, 0) is 11.3 Å². The van der Waals surface area contributed by atoms with Gasteiger partial charge in [-0.1, -0.05) is 60.7 Å². The van der Waals surface area contributed by atoms with E-state index in [9.17, 15) is 0 Å². The molecule has 0 bridgehead atoms. The molecule has 0 aliphatic rings. The highest BCUT2D eigenvalue weighted by Gasteiger charge is 2.20. The second kappa shape index (κ2) is 9.02. The number of hydrogen-bond donors (Lipinski definition) is 0. The van der Waals surface area contributed by atoms with Crippen molar-refractivity contribution in [3.63, 3.8) is 0 Å². The van der Waals surface area contributed by atoms with Crippen molar-refractivity contribution in [1.82, 2.24) is 0 Å². The Morgan fingerprint density at radius 2 is 1.37 bits per heavy atom. The van der Waals surface area contributed by atoms with Crippen LogP contribution in [0.4, 0.5) is 0 Å². The van der Waals surface area contributed by atoms with Crippen LogP contribution in [0.5, 0.6) is 17.2 Å². The lowest BCUT2D eigenvalue weighted by Crippen LogP contribution is -2.34. The number of hydrogen-bond acceptors (Lipinski definition) is 3. The Labute approximate surface area is 177 Å². The van der Waals surface area contributed by atoms with Gasteiger partial charge in [0.1, 0.15) is 22.8 Å². The number of benzene rings is 4. The maximum Gasteiger partial charge on any atom is 0.127 e. The Hall–Kier alpha value is -3.30. The molecule has 0 saturated carbocycles. The topological polar surface area (TPSA) is 27.7 Å². The lowest BCUT2D eigenvalue weighted by atomic mass is 10.1. The second-order valence-corrected chi connectivity index (χ2v) is 7.93. The minimum Gasteiger partial charge on any atom is -0.485 e. The molecule has 0 spiro atoms. The number of para-hydroxylation sites is 1. The van der Waals surface area contributed by atoms with Crippen LogP contribution in [0.3, 0.4) is 0 Å². The first-order chi connectivity index (χ1) is 14.6. The second-order valence-electron chi connectivity index (χ2n) is 7.93. The third kappa shape index (κ3) is 5.40. The van der Waals surface area contributed by atoms with Gasteiger partial charge in [0.2, 0.25) is 0 Å². The fourth-order valence-corrected chi connectivity index (χ4v) is 3.32. The third-order valence-corrected chi connectivity index (χ3v) is 4.71. The van der Waals surface area contributed by atoms with Gasteiger partial charge in [0.25, 0.3) is 0 Å². The monoisotopic (exact) mass is 398 g/mol. The summed E-state index contributed by atoms with van der Waals surface area (Å²) in [6.07, 6.45) is 0. The molecule has 0 amide bonds. The number of fused-ring (bicyclic) bond motifs is 1. The molecule has 0 aromatic heterocycles. The minimum absolute atomic E-state index is 0.444. The molecular weight excluding hydrogens is 372 g/mol. The van der Waals surface area contributed by atoms with Crippen molar-refractivity contribution in [1.29, 1.82) is 0 Å². The van der Waals surface area contributed by atoms with Crippen LogP contribution >= 0.6 is 0 Å². The molecule has 0 saturated heterocycles. The molecule has 152 valence electrons. The van der Waals surface area contributed by atoms with Crippen molar-refractivity contribution in [3.05, 3.63) is 103 Å². The first-order valence-electron chi connectivity index (χ1n) is 10.1. The predicted octanol–water partition coefficient (Wildman–Crippen LogP) is 7.01. The van der Waals surface area contributed by atoms with Gasteiger partial charge in [0.05, 0.1) is 13.2 Å². The molecule has 4 rings (SSSR count). The van der Waals surface area contributed by atoms with E-state index in [2.05, 4.69) is 24.3 Å². The van der Waals surface area contributed by atoms with E-state index < -0.39 is 5.60 Å². The highest BCUT2D eigenvalue weighted by Crippen LogP contribution is 2.25. The fourth-order valence-electron chi connectivity index (χ4n) is 3.32. The van der Waals surface area contributed by atoms with Crippen LogP contribution in [0.25, 0.3) is 10.8 Å². The highest BCUT2D eigenvalue weighted by atomic mass is 16.5. The van der Waals surface area contributed by atoms with E-state index in [1.807, 2.05) is 86.6 Å². The summed E-state index contributed by atoms with van der Waals surface area (Å²) in [4.78, 5) is 0. The number of ether oxygens (including phenoxy) is 3. The molecule has 0 unspecified atom stereocenters. The Morgan fingerprint density at radius 3 is 2.20 bits per heavy atom.